The number of amides is 2. The number of benzene rings is 1. The molecule has 1 saturated carbocycles. The Morgan fingerprint density at radius 2 is 1.77 bits per heavy atom. The zero-order valence-corrected chi connectivity index (χ0v) is 25.6. The SMILES string of the molecule is O=C1C[C@@H]2O[C@H](CN(S(=O)(=O)c3cccc(F)c3)C[C@@H]3CN(CCO3)C(=O)[C@@H]3C[C@@H](CN3CC3CCCCC3)N1)[C@@H](O)[C@H]2O. The van der Waals surface area contributed by atoms with Crippen molar-refractivity contribution in [1.29, 1.82) is 0 Å². The lowest BCUT2D eigenvalue weighted by molar-refractivity contribution is -0.144. The summed E-state index contributed by atoms with van der Waals surface area (Å²) in [4.78, 5) is 30.8. The number of fused-ring (bicyclic) bond motifs is 6. The second-order valence-electron chi connectivity index (χ2n) is 12.9. The molecule has 5 aliphatic rings. The van der Waals surface area contributed by atoms with Gasteiger partial charge >= 0.3 is 0 Å². The standard InChI is InChI=1S/C30H43FN4O8S/c31-20-7-4-8-23(11-20)44(40,41)35-17-22-16-33(9-10-42-22)30(39)24-12-21(15-34(24)14-19-5-2-1-3-6-19)32-27(36)13-25-28(37)29(38)26(18-35)43-25/h4,7-8,11,19,21-22,24-26,28-29,37-38H,1-3,5-6,9-10,12-18H2,(H,32,36)/t21-,22-,24-,25-,26+,28-,29+/m0/s1. The number of morpholine rings is 1. The maximum atomic E-state index is 14.1. The lowest BCUT2D eigenvalue weighted by atomic mass is 9.89. The highest BCUT2D eigenvalue weighted by Gasteiger charge is 2.47. The predicted octanol–water partition coefficient (Wildman–Crippen LogP) is 0.0761. The Morgan fingerprint density at radius 3 is 2.55 bits per heavy atom. The molecular weight excluding hydrogens is 595 g/mol. The molecule has 0 aromatic heterocycles. The molecule has 44 heavy (non-hydrogen) atoms. The second-order valence-corrected chi connectivity index (χ2v) is 14.9. The number of carbonyl (C=O) groups is 2. The molecule has 1 aromatic rings. The highest BCUT2D eigenvalue weighted by Crippen LogP contribution is 2.31. The number of nitrogens with one attached hydrogen (secondary N) is 1. The second kappa shape index (κ2) is 13.3. The van der Waals surface area contributed by atoms with Crippen molar-refractivity contribution in [2.45, 2.75) is 92.4 Å². The number of halogens is 1. The van der Waals surface area contributed by atoms with Crippen molar-refractivity contribution >= 4 is 21.8 Å². The number of nitrogens with zero attached hydrogens (tertiary/aromatic N) is 3. The average Bonchev–Trinajstić information content (AvgIpc) is 3.51. The molecule has 244 valence electrons. The summed E-state index contributed by atoms with van der Waals surface area (Å²) in [6, 6.07) is 3.94. The number of carbonyl (C=O) groups excluding carboxylic acids is 2. The van der Waals surface area contributed by atoms with E-state index in [1.165, 1.54) is 31.4 Å². The maximum absolute atomic E-state index is 14.1. The summed E-state index contributed by atoms with van der Waals surface area (Å²) in [5, 5.41) is 24.7. The number of hydrogen-bond acceptors (Lipinski definition) is 9. The van der Waals surface area contributed by atoms with Crippen molar-refractivity contribution in [2.24, 2.45) is 5.92 Å². The first-order valence-electron chi connectivity index (χ1n) is 15.8. The minimum absolute atomic E-state index is 0.0632. The van der Waals surface area contributed by atoms with Gasteiger partial charge in [-0.05, 0) is 43.4 Å². The van der Waals surface area contributed by atoms with E-state index >= 15 is 0 Å². The van der Waals surface area contributed by atoms with Gasteiger partial charge < -0.3 is 29.9 Å². The number of aliphatic hydroxyl groups is 2. The summed E-state index contributed by atoms with van der Waals surface area (Å²) >= 11 is 0. The summed E-state index contributed by atoms with van der Waals surface area (Å²) in [5.74, 6) is -0.674. The van der Waals surface area contributed by atoms with Gasteiger partial charge in [0.15, 0.2) is 0 Å². The highest BCUT2D eigenvalue weighted by molar-refractivity contribution is 7.89. The van der Waals surface area contributed by atoms with Gasteiger partial charge in [0.05, 0.1) is 36.2 Å². The number of ether oxygens (including phenoxy) is 2. The Kier molecular flexibility index (Phi) is 9.58. The van der Waals surface area contributed by atoms with Crippen LogP contribution in [-0.2, 0) is 29.1 Å². The number of sulfonamides is 1. The third-order valence-corrected chi connectivity index (χ3v) is 11.6. The van der Waals surface area contributed by atoms with Crippen molar-refractivity contribution in [2.75, 3.05) is 45.9 Å². The van der Waals surface area contributed by atoms with Gasteiger partial charge in [-0.2, -0.15) is 4.31 Å². The predicted molar refractivity (Wildman–Crippen MR) is 155 cm³/mol. The fourth-order valence-corrected chi connectivity index (χ4v) is 9.01. The molecule has 3 N–H and O–H groups in total. The van der Waals surface area contributed by atoms with E-state index in [0.717, 1.165) is 35.8 Å². The zero-order chi connectivity index (χ0) is 31.0. The molecule has 7 atom stereocenters. The van der Waals surface area contributed by atoms with Crippen LogP contribution in [0.4, 0.5) is 4.39 Å². The van der Waals surface area contributed by atoms with Crippen LogP contribution in [0.25, 0.3) is 0 Å². The molecule has 4 heterocycles. The largest absolute Gasteiger partial charge is 0.388 e. The lowest BCUT2D eigenvalue weighted by Gasteiger charge is -2.38. The Labute approximate surface area is 257 Å². The Balaban J connectivity index is 1.29. The molecule has 4 aliphatic heterocycles. The van der Waals surface area contributed by atoms with Crippen LogP contribution in [0.3, 0.4) is 0 Å². The Hall–Kier alpha value is -2.20. The summed E-state index contributed by atoms with van der Waals surface area (Å²) in [6.45, 7) is 1.47. The monoisotopic (exact) mass is 638 g/mol. The molecule has 2 amide bonds. The molecule has 0 radical (unpaired) electrons. The number of likely N-dealkylation sites (tertiary alicyclic amines) is 1. The van der Waals surface area contributed by atoms with E-state index in [4.69, 9.17) is 9.47 Å². The quantitative estimate of drug-likeness (QED) is 0.417. The Morgan fingerprint density at radius 1 is 1.00 bits per heavy atom. The zero-order valence-electron chi connectivity index (χ0n) is 24.8. The van der Waals surface area contributed by atoms with Gasteiger partial charge in [0.1, 0.15) is 24.1 Å². The number of rotatable bonds is 4. The van der Waals surface area contributed by atoms with Gasteiger partial charge in [0.2, 0.25) is 21.8 Å². The first kappa shape index (κ1) is 31.8. The third-order valence-electron chi connectivity index (χ3n) is 9.79. The van der Waals surface area contributed by atoms with Crippen LogP contribution in [-0.4, -0.2) is 133 Å². The first-order valence-corrected chi connectivity index (χ1v) is 17.2. The molecular formula is C30H43FN4O8S. The van der Waals surface area contributed by atoms with Crippen LogP contribution in [0.5, 0.6) is 0 Å². The molecule has 4 saturated heterocycles. The summed E-state index contributed by atoms with van der Waals surface area (Å²) in [7, 11) is -4.31. The highest BCUT2D eigenvalue weighted by atomic mass is 32.2. The number of aliphatic hydroxyl groups excluding tert-OH is 2. The van der Waals surface area contributed by atoms with E-state index in [0.29, 0.717) is 25.4 Å². The molecule has 0 unspecified atom stereocenters. The topological polar surface area (TPSA) is 149 Å². The number of hydrogen-bond donors (Lipinski definition) is 3. The van der Waals surface area contributed by atoms with Gasteiger partial charge in [-0.3, -0.25) is 14.5 Å². The van der Waals surface area contributed by atoms with Crippen molar-refractivity contribution < 1.29 is 42.1 Å². The van der Waals surface area contributed by atoms with Gasteiger partial charge in [0, 0.05) is 45.3 Å². The fraction of sp³-hybridized carbons (Fsp3) is 0.733. The van der Waals surface area contributed by atoms with Crippen LogP contribution >= 0.6 is 0 Å². The molecule has 0 spiro atoms. The van der Waals surface area contributed by atoms with E-state index in [2.05, 4.69) is 10.2 Å². The van der Waals surface area contributed by atoms with Gasteiger partial charge in [-0.25, -0.2) is 12.8 Å². The molecule has 6 rings (SSSR count). The van der Waals surface area contributed by atoms with Crippen molar-refractivity contribution in [3.63, 3.8) is 0 Å². The molecule has 12 nitrogen and oxygen atoms in total. The lowest BCUT2D eigenvalue weighted by Crippen LogP contribution is -2.55. The normalized spacial score (nSPS) is 35.2. The maximum Gasteiger partial charge on any atom is 0.243 e. The molecule has 6 bridgehead atoms. The fourth-order valence-electron chi connectivity index (χ4n) is 7.50. The minimum Gasteiger partial charge on any atom is -0.388 e. The average molecular weight is 639 g/mol. The molecule has 14 heteroatoms. The van der Waals surface area contributed by atoms with Crippen LogP contribution in [0.2, 0.25) is 0 Å². The van der Waals surface area contributed by atoms with E-state index < -0.39 is 52.4 Å². The van der Waals surface area contributed by atoms with Crippen LogP contribution in [0.1, 0.15) is 44.9 Å². The summed E-state index contributed by atoms with van der Waals surface area (Å²) < 4.78 is 54.6. The van der Waals surface area contributed by atoms with Gasteiger partial charge in [-0.1, -0.05) is 25.3 Å². The molecule has 1 aromatic carbocycles. The van der Waals surface area contributed by atoms with Crippen molar-refractivity contribution in [1.82, 2.24) is 19.4 Å². The van der Waals surface area contributed by atoms with E-state index in [-0.39, 0.29) is 55.4 Å². The third kappa shape index (κ3) is 6.81. The van der Waals surface area contributed by atoms with Gasteiger partial charge in [-0.15, -0.1) is 0 Å². The van der Waals surface area contributed by atoms with Crippen molar-refractivity contribution in [3.05, 3.63) is 30.1 Å². The Bertz CT molecular complexity index is 1310. The van der Waals surface area contributed by atoms with Crippen LogP contribution < -0.4 is 5.32 Å². The summed E-state index contributed by atoms with van der Waals surface area (Å²) in [6.07, 6.45) is 0.247. The smallest absolute Gasteiger partial charge is 0.243 e. The first-order chi connectivity index (χ1) is 21.1. The molecule has 1 aliphatic carbocycles. The van der Waals surface area contributed by atoms with Crippen molar-refractivity contribution in [3.8, 4) is 0 Å². The van der Waals surface area contributed by atoms with Crippen LogP contribution in [0.15, 0.2) is 29.2 Å². The van der Waals surface area contributed by atoms with Crippen LogP contribution in [0, 0.1) is 11.7 Å². The van der Waals surface area contributed by atoms with E-state index in [1.807, 2.05) is 0 Å². The van der Waals surface area contributed by atoms with E-state index in [1.54, 1.807) is 4.90 Å². The minimum atomic E-state index is -4.31. The van der Waals surface area contributed by atoms with Gasteiger partial charge in [0.25, 0.3) is 0 Å². The molecule has 5 fully saturated rings. The van der Waals surface area contributed by atoms with E-state index in [9.17, 15) is 32.6 Å². The summed E-state index contributed by atoms with van der Waals surface area (Å²) in [5.41, 5.74) is 0.